The van der Waals surface area contributed by atoms with Crippen LogP contribution in [0.5, 0.6) is 0 Å². The molecular weight excluding hydrogens is 242 g/mol. The van der Waals surface area contributed by atoms with Crippen LogP contribution in [0.3, 0.4) is 0 Å². The van der Waals surface area contributed by atoms with Crippen LogP contribution in [0.1, 0.15) is 25.0 Å². The van der Waals surface area contributed by atoms with Gasteiger partial charge in [-0.1, -0.05) is 29.4 Å². The fourth-order valence-electron chi connectivity index (χ4n) is 2.35. The zero-order chi connectivity index (χ0) is 13.9. The summed E-state index contributed by atoms with van der Waals surface area (Å²) in [5, 5.41) is 11.6. The fourth-order valence-corrected chi connectivity index (χ4v) is 2.35. The Bertz CT molecular complexity index is 454. The summed E-state index contributed by atoms with van der Waals surface area (Å²) < 4.78 is 5.70. The van der Waals surface area contributed by atoms with Gasteiger partial charge in [0, 0.05) is 25.2 Å². The number of morpholine rings is 1. The van der Waals surface area contributed by atoms with Crippen molar-refractivity contribution in [3.63, 3.8) is 0 Å². The first-order chi connectivity index (χ1) is 9.00. The van der Waals surface area contributed by atoms with Crippen molar-refractivity contribution in [2.75, 3.05) is 19.7 Å². The lowest BCUT2D eigenvalue weighted by atomic mass is 10.1. The van der Waals surface area contributed by atoms with Gasteiger partial charge < -0.3 is 15.7 Å². The summed E-state index contributed by atoms with van der Waals surface area (Å²) in [5.74, 6) is 0.138. The number of nitrogens with two attached hydrogens (primary N) is 1. The van der Waals surface area contributed by atoms with Crippen LogP contribution in [0.15, 0.2) is 29.4 Å². The summed E-state index contributed by atoms with van der Waals surface area (Å²) >= 11 is 0. The normalized spacial score (nSPS) is 20.4. The first kappa shape index (κ1) is 13.8. The number of ether oxygens (including phenoxy) is 1. The molecule has 0 spiro atoms. The van der Waals surface area contributed by atoms with Crippen LogP contribution in [0, 0.1) is 0 Å². The van der Waals surface area contributed by atoms with Gasteiger partial charge in [0.15, 0.2) is 5.84 Å². The average Bonchev–Trinajstić information content (AvgIpc) is 2.37. The lowest BCUT2D eigenvalue weighted by Crippen LogP contribution is -2.47. The summed E-state index contributed by atoms with van der Waals surface area (Å²) in [6.07, 6.45) is 0. The quantitative estimate of drug-likeness (QED) is 0.374. The third-order valence-corrected chi connectivity index (χ3v) is 3.27. The fraction of sp³-hybridized carbons (Fsp3) is 0.500. The topological polar surface area (TPSA) is 71.1 Å². The predicted octanol–water partition coefficient (Wildman–Crippen LogP) is 1.39. The molecule has 0 amide bonds. The number of hydrogen-bond acceptors (Lipinski definition) is 4. The Balaban J connectivity index is 2.00. The molecule has 1 aromatic rings. The van der Waals surface area contributed by atoms with Gasteiger partial charge in [0.25, 0.3) is 0 Å². The van der Waals surface area contributed by atoms with Crippen LogP contribution >= 0.6 is 0 Å². The Morgan fingerprint density at radius 3 is 2.68 bits per heavy atom. The molecule has 0 aliphatic carbocycles. The van der Waals surface area contributed by atoms with Gasteiger partial charge in [-0.05, 0) is 19.4 Å². The summed E-state index contributed by atoms with van der Waals surface area (Å²) in [5.41, 5.74) is 7.41. The van der Waals surface area contributed by atoms with Gasteiger partial charge in [0.05, 0.1) is 12.2 Å². The maximum absolute atomic E-state index is 8.62. The highest BCUT2D eigenvalue weighted by molar-refractivity contribution is 5.96. The van der Waals surface area contributed by atoms with Crippen molar-refractivity contribution in [2.45, 2.75) is 26.0 Å². The van der Waals surface area contributed by atoms with Gasteiger partial charge in [0.2, 0.25) is 0 Å². The molecule has 104 valence electrons. The van der Waals surface area contributed by atoms with Crippen LogP contribution in [-0.4, -0.2) is 41.2 Å². The van der Waals surface area contributed by atoms with E-state index in [1.165, 1.54) is 5.56 Å². The van der Waals surface area contributed by atoms with Crippen molar-refractivity contribution >= 4 is 5.84 Å². The molecule has 1 aliphatic heterocycles. The summed E-state index contributed by atoms with van der Waals surface area (Å²) in [6.45, 7) is 7.76. The van der Waals surface area contributed by atoms with E-state index in [1.807, 2.05) is 24.3 Å². The molecule has 2 rings (SSSR count). The largest absolute Gasteiger partial charge is 0.409 e. The summed E-state index contributed by atoms with van der Waals surface area (Å²) in [6, 6.07) is 7.76. The van der Waals surface area contributed by atoms with Gasteiger partial charge in [-0.3, -0.25) is 4.90 Å². The third kappa shape index (κ3) is 3.68. The second kappa shape index (κ2) is 5.59. The SMILES string of the molecule is CC1(C)CN(Cc2ccc(/C(N)=N/O)cc2)CCO1. The molecule has 5 nitrogen and oxygen atoms in total. The number of amidine groups is 1. The summed E-state index contributed by atoms with van der Waals surface area (Å²) in [7, 11) is 0. The van der Waals surface area contributed by atoms with E-state index in [1.54, 1.807) is 0 Å². The molecule has 19 heavy (non-hydrogen) atoms. The molecule has 0 atom stereocenters. The van der Waals surface area contributed by atoms with Crippen molar-refractivity contribution in [2.24, 2.45) is 10.9 Å². The molecule has 1 aromatic carbocycles. The zero-order valence-corrected chi connectivity index (χ0v) is 11.5. The number of oxime groups is 1. The lowest BCUT2D eigenvalue weighted by molar-refractivity contribution is -0.0882. The van der Waals surface area contributed by atoms with Crippen molar-refractivity contribution < 1.29 is 9.94 Å². The Morgan fingerprint density at radius 1 is 1.42 bits per heavy atom. The van der Waals surface area contributed by atoms with E-state index in [-0.39, 0.29) is 11.4 Å². The van der Waals surface area contributed by atoms with Crippen LogP contribution < -0.4 is 5.73 Å². The van der Waals surface area contributed by atoms with E-state index in [9.17, 15) is 0 Å². The standard InChI is InChI=1S/C14H21N3O2/c1-14(2)10-17(7-8-19-14)9-11-3-5-12(6-4-11)13(15)16-18/h3-6,18H,7-10H2,1-2H3,(H2,15,16). The van der Waals surface area contributed by atoms with E-state index in [4.69, 9.17) is 15.7 Å². The van der Waals surface area contributed by atoms with Crippen molar-refractivity contribution in [3.05, 3.63) is 35.4 Å². The van der Waals surface area contributed by atoms with Gasteiger partial charge in [-0.25, -0.2) is 0 Å². The van der Waals surface area contributed by atoms with E-state index >= 15 is 0 Å². The number of rotatable bonds is 3. The highest BCUT2D eigenvalue weighted by atomic mass is 16.5. The van der Waals surface area contributed by atoms with Gasteiger partial charge in [-0.15, -0.1) is 0 Å². The molecule has 0 unspecified atom stereocenters. The Labute approximate surface area is 113 Å². The van der Waals surface area contributed by atoms with Gasteiger partial charge in [0.1, 0.15) is 0 Å². The number of hydrogen-bond donors (Lipinski definition) is 2. The van der Waals surface area contributed by atoms with Crippen LogP contribution in [-0.2, 0) is 11.3 Å². The first-order valence-electron chi connectivity index (χ1n) is 6.43. The van der Waals surface area contributed by atoms with E-state index < -0.39 is 0 Å². The van der Waals surface area contributed by atoms with Gasteiger partial charge in [-0.2, -0.15) is 0 Å². The second-order valence-corrected chi connectivity index (χ2v) is 5.50. The third-order valence-electron chi connectivity index (χ3n) is 3.27. The maximum Gasteiger partial charge on any atom is 0.170 e. The molecule has 0 aromatic heterocycles. The van der Waals surface area contributed by atoms with E-state index in [0.717, 1.165) is 31.8 Å². The van der Waals surface area contributed by atoms with E-state index in [2.05, 4.69) is 23.9 Å². The minimum atomic E-state index is -0.0772. The van der Waals surface area contributed by atoms with E-state index in [0.29, 0.717) is 0 Å². The molecule has 1 heterocycles. The molecule has 1 saturated heterocycles. The predicted molar refractivity (Wildman–Crippen MR) is 74.3 cm³/mol. The average molecular weight is 263 g/mol. The number of benzene rings is 1. The first-order valence-corrected chi connectivity index (χ1v) is 6.43. The summed E-state index contributed by atoms with van der Waals surface area (Å²) in [4.78, 5) is 2.38. The molecule has 0 radical (unpaired) electrons. The highest BCUT2D eigenvalue weighted by Gasteiger charge is 2.26. The molecule has 5 heteroatoms. The zero-order valence-electron chi connectivity index (χ0n) is 11.5. The molecule has 1 aliphatic rings. The molecule has 0 bridgehead atoms. The minimum Gasteiger partial charge on any atom is -0.409 e. The van der Waals surface area contributed by atoms with Crippen molar-refractivity contribution in [1.29, 1.82) is 0 Å². The molecule has 0 saturated carbocycles. The van der Waals surface area contributed by atoms with Gasteiger partial charge >= 0.3 is 0 Å². The van der Waals surface area contributed by atoms with Crippen LogP contribution in [0.2, 0.25) is 0 Å². The van der Waals surface area contributed by atoms with Crippen LogP contribution in [0.25, 0.3) is 0 Å². The molecule has 1 fully saturated rings. The Kier molecular flexibility index (Phi) is 4.07. The Hall–Kier alpha value is -1.59. The Morgan fingerprint density at radius 2 is 2.11 bits per heavy atom. The second-order valence-electron chi connectivity index (χ2n) is 5.50. The van der Waals surface area contributed by atoms with Crippen molar-refractivity contribution in [1.82, 2.24) is 4.90 Å². The molecular formula is C14H21N3O2. The highest BCUT2D eigenvalue weighted by Crippen LogP contribution is 2.18. The minimum absolute atomic E-state index is 0.0772. The smallest absolute Gasteiger partial charge is 0.170 e. The van der Waals surface area contributed by atoms with Crippen LogP contribution in [0.4, 0.5) is 0 Å². The van der Waals surface area contributed by atoms with Crippen molar-refractivity contribution in [3.8, 4) is 0 Å². The maximum atomic E-state index is 8.62. The number of nitrogens with zero attached hydrogens (tertiary/aromatic N) is 2. The lowest BCUT2D eigenvalue weighted by Gasteiger charge is -2.38. The molecule has 3 N–H and O–H groups in total. The monoisotopic (exact) mass is 263 g/mol.